The number of phenolic OH excluding ortho intramolecular Hbond substituents is 1. The normalized spacial score (nSPS) is 10.1. The van der Waals surface area contributed by atoms with Crippen LogP contribution in [0, 0.1) is 0 Å². The van der Waals surface area contributed by atoms with E-state index in [9.17, 15) is 9.90 Å². The Balaban J connectivity index is 2.43. The lowest BCUT2D eigenvalue weighted by Crippen LogP contribution is -2.18. The molecule has 0 spiro atoms. The topological polar surface area (TPSA) is 61.7 Å². The lowest BCUT2D eigenvalue weighted by atomic mass is 10.1. The van der Waals surface area contributed by atoms with Crippen LogP contribution < -0.4 is 5.43 Å². The second-order valence-electron chi connectivity index (χ2n) is 4.18. The van der Waals surface area contributed by atoms with E-state index < -0.39 is 5.91 Å². The third-order valence-corrected chi connectivity index (χ3v) is 2.53. The Kier molecular flexibility index (Phi) is 3.28. The van der Waals surface area contributed by atoms with Crippen LogP contribution in [-0.4, -0.2) is 16.7 Å². The van der Waals surface area contributed by atoms with Crippen LogP contribution in [0.25, 0.3) is 10.8 Å². The van der Waals surface area contributed by atoms with Crippen LogP contribution in [0.1, 0.15) is 24.2 Å². The molecule has 2 rings (SSSR count). The monoisotopic (exact) mass is 242 g/mol. The third-order valence-electron chi connectivity index (χ3n) is 2.53. The Morgan fingerprint density at radius 2 is 1.89 bits per heavy atom. The molecule has 2 N–H and O–H groups in total. The summed E-state index contributed by atoms with van der Waals surface area (Å²) in [5.41, 5.74) is 3.35. The van der Waals surface area contributed by atoms with Gasteiger partial charge in [0.2, 0.25) is 0 Å². The summed E-state index contributed by atoms with van der Waals surface area (Å²) in [5.74, 6) is -0.436. The maximum Gasteiger partial charge on any atom is 0.275 e. The number of nitrogens with one attached hydrogen (secondary N) is 1. The summed E-state index contributed by atoms with van der Waals surface area (Å²) in [6, 6.07) is 10.7. The van der Waals surface area contributed by atoms with Crippen molar-refractivity contribution >= 4 is 22.4 Å². The quantitative estimate of drug-likeness (QED) is 0.628. The summed E-state index contributed by atoms with van der Waals surface area (Å²) >= 11 is 0. The molecule has 0 saturated carbocycles. The number of rotatable bonds is 2. The van der Waals surface area contributed by atoms with Crippen LogP contribution in [0.15, 0.2) is 41.5 Å². The molecule has 18 heavy (non-hydrogen) atoms. The zero-order valence-electron chi connectivity index (χ0n) is 10.3. The molecule has 0 aliphatic carbocycles. The fourth-order valence-corrected chi connectivity index (χ4v) is 1.66. The van der Waals surface area contributed by atoms with Crippen molar-refractivity contribution < 1.29 is 9.90 Å². The Morgan fingerprint density at radius 1 is 1.17 bits per heavy atom. The number of hydrogen-bond acceptors (Lipinski definition) is 3. The Labute approximate surface area is 105 Å². The maximum absolute atomic E-state index is 11.8. The van der Waals surface area contributed by atoms with Gasteiger partial charge in [-0.15, -0.1) is 0 Å². The van der Waals surface area contributed by atoms with Crippen LogP contribution in [0.5, 0.6) is 5.75 Å². The minimum Gasteiger partial charge on any atom is -0.506 e. The number of carbonyl (C=O) groups excluding carboxylic acids is 1. The first kappa shape index (κ1) is 12.1. The molecule has 0 fully saturated rings. The summed E-state index contributed by atoms with van der Waals surface area (Å²) in [6.07, 6.45) is 0. The highest BCUT2D eigenvalue weighted by molar-refractivity contribution is 6.03. The molecule has 0 bridgehead atoms. The standard InChI is InChI=1S/C14H14N2O2/c1-9(2)15-16-14(18)12-8-7-10-5-3-4-6-11(10)13(12)17/h3-8,17H,1-2H3,(H,16,18). The molecule has 4 heteroatoms. The van der Waals surface area contributed by atoms with E-state index in [-0.39, 0.29) is 11.3 Å². The molecule has 4 nitrogen and oxygen atoms in total. The summed E-state index contributed by atoms with van der Waals surface area (Å²) < 4.78 is 0. The number of carbonyl (C=O) groups is 1. The van der Waals surface area contributed by atoms with Crippen molar-refractivity contribution in [2.24, 2.45) is 5.10 Å². The van der Waals surface area contributed by atoms with E-state index in [1.165, 1.54) is 0 Å². The van der Waals surface area contributed by atoms with Gasteiger partial charge in [-0.25, -0.2) is 5.43 Å². The second kappa shape index (κ2) is 4.87. The van der Waals surface area contributed by atoms with E-state index in [1.807, 2.05) is 18.2 Å². The molecule has 2 aromatic carbocycles. The molecular formula is C14H14N2O2. The van der Waals surface area contributed by atoms with Crippen LogP contribution in [0.2, 0.25) is 0 Å². The average molecular weight is 242 g/mol. The number of aromatic hydroxyl groups is 1. The third kappa shape index (κ3) is 2.32. The lowest BCUT2D eigenvalue weighted by Gasteiger charge is -2.06. The molecule has 0 saturated heterocycles. The highest BCUT2D eigenvalue weighted by atomic mass is 16.3. The summed E-state index contributed by atoms with van der Waals surface area (Å²) in [4.78, 5) is 11.8. The summed E-state index contributed by atoms with van der Waals surface area (Å²) in [7, 11) is 0. The van der Waals surface area contributed by atoms with Crippen molar-refractivity contribution in [2.45, 2.75) is 13.8 Å². The molecule has 0 aromatic heterocycles. The first-order valence-electron chi connectivity index (χ1n) is 5.61. The number of phenols is 1. The predicted molar refractivity (Wildman–Crippen MR) is 71.9 cm³/mol. The number of amides is 1. The smallest absolute Gasteiger partial charge is 0.275 e. The fourth-order valence-electron chi connectivity index (χ4n) is 1.66. The van der Waals surface area contributed by atoms with Crippen molar-refractivity contribution in [1.82, 2.24) is 5.43 Å². The van der Waals surface area contributed by atoms with E-state index in [1.54, 1.807) is 32.0 Å². The Hall–Kier alpha value is -2.36. The van der Waals surface area contributed by atoms with Gasteiger partial charge in [0.25, 0.3) is 5.91 Å². The number of hydrazone groups is 1. The molecule has 92 valence electrons. The molecule has 1 amide bonds. The first-order chi connectivity index (χ1) is 8.59. The Bertz CT molecular complexity index is 629. The van der Waals surface area contributed by atoms with Gasteiger partial charge in [-0.2, -0.15) is 5.10 Å². The van der Waals surface area contributed by atoms with Crippen molar-refractivity contribution in [3.05, 3.63) is 42.0 Å². The summed E-state index contributed by atoms with van der Waals surface area (Å²) in [6.45, 7) is 3.56. The SMILES string of the molecule is CC(C)=NNC(=O)c1ccc2ccccc2c1O. The van der Waals surface area contributed by atoms with Gasteiger partial charge in [-0.05, 0) is 25.3 Å². The largest absolute Gasteiger partial charge is 0.506 e. The van der Waals surface area contributed by atoms with Gasteiger partial charge in [-0.1, -0.05) is 30.3 Å². The molecule has 0 atom stereocenters. The number of fused-ring (bicyclic) bond motifs is 1. The van der Waals surface area contributed by atoms with Gasteiger partial charge in [0, 0.05) is 11.1 Å². The van der Waals surface area contributed by atoms with E-state index in [0.717, 1.165) is 11.1 Å². The fraction of sp³-hybridized carbons (Fsp3) is 0.143. The zero-order valence-corrected chi connectivity index (χ0v) is 10.3. The molecule has 0 radical (unpaired) electrons. The minimum atomic E-state index is -0.417. The maximum atomic E-state index is 11.8. The van der Waals surface area contributed by atoms with E-state index in [2.05, 4.69) is 10.5 Å². The molecule has 0 aliphatic heterocycles. The number of nitrogens with zero attached hydrogens (tertiary/aromatic N) is 1. The van der Waals surface area contributed by atoms with Gasteiger partial charge in [0.1, 0.15) is 5.75 Å². The summed E-state index contributed by atoms with van der Waals surface area (Å²) in [5, 5.41) is 15.4. The van der Waals surface area contributed by atoms with Crippen LogP contribution in [0.4, 0.5) is 0 Å². The van der Waals surface area contributed by atoms with Crippen LogP contribution >= 0.6 is 0 Å². The molecule has 0 aliphatic rings. The Morgan fingerprint density at radius 3 is 2.61 bits per heavy atom. The van der Waals surface area contributed by atoms with Crippen molar-refractivity contribution in [3.8, 4) is 5.75 Å². The highest BCUT2D eigenvalue weighted by Gasteiger charge is 2.12. The van der Waals surface area contributed by atoms with Gasteiger partial charge in [0.15, 0.2) is 0 Å². The molecule has 0 unspecified atom stereocenters. The van der Waals surface area contributed by atoms with Gasteiger partial charge in [0.05, 0.1) is 5.56 Å². The number of hydrogen-bond donors (Lipinski definition) is 2. The van der Waals surface area contributed by atoms with Crippen LogP contribution in [0.3, 0.4) is 0 Å². The van der Waals surface area contributed by atoms with Gasteiger partial charge >= 0.3 is 0 Å². The van der Waals surface area contributed by atoms with Crippen molar-refractivity contribution in [2.75, 3.05) is 0 Å². The predicted octanol–water partition coefficient (Wildman–Crippen LogP) is 2.67. The van der Waals surface area contributed by atoms with E-state index >= 15 is 0 Å². The zero-order chi connectivity index (χ0) is 13.1. The highest BCUT2D eigenvalue weighted by Crippen LogP contribution is 2.28. The van der Waals surface area contributed by atoms with Gasteiger partial charge in [-0.3, -0.25) is 4.79 Å². The minimum absolute atomic E-state index is 0.0189. The van der Waals surface area contributed by atoms with Crippen molar-refractivity contribution in [1.29, 1.82) is 0 Å². The molecule has 2 aromatic rings. The van der Waals surface area contributed by atoms with Gasteiger partial charge < -0.3 is 5.11 Å². The van der Waals surface area contributed by atoms with E-state index in [0.29, 0.717) is 5.39 Å². The molecule has 0 heterocycles. The second-order valence-corrected chi connectivity index (χ2v) is 4.18. The lowest BCUT2D eigenvalue weighted by molar-refractivity contribution is 0.0952. The first-order valence-corrected chi connectivity index (χ1v) is 5.61. The van der Waals surface area contributed by atoms with Crippen molar-refractivity contribution in [3.63, 3.8) is 0 Å². The number of benzene rings is 2. The van der Waals surface area contributed by atoms with Crippen LogP contribution in [-0.2, 0) is 0 Å². The van der Waals surface area contributed by atoms with E-state index in [4.69, 9.17) is 0 Å². The average Bonchev–Trinajstić information content (AvgIpc) is 2.37. The molecular weight excluding hydrogens is 228 g/mol.